The monoisotopic (exact) mass is 702 g/mol. The van der Waals surface area contributed by atoms with Gasteiger partial charge in [0.2, 0.25) is 11.8 Å². The number of carboxylic acids is 1. The predicted octanol–water partition coefficient (Wildman–Crippen LogP) is 4.76. The van der Waals surface area contributed by atoms with Crippen LogP contribution >= 0.6 is 23.2 Å². The van der Waals surface area contributed by atoms with Gasteiger partial charge in [-0.3, -0.25) is 28.9 Å². The van der Waals surface area contributed by atoms with Crippen LogP contribution in [0.15, 0.2) is 48.0 Å². The van der Waals surface area contributed by atoms with Gasteiger partial charge in [0.25, 0.3) is 11.8 Å². The van der Waals surface area contributed by atoms with E-state index in [2.05, 4.69) is 0 Å². The number of carboxylic acid groups (broad SMARTS) is 1. The maximum atomic E-state index is 14.5. The first kappa shape index (κ1) is 33.7. The lowest BCUT2D eigenvalue weighted by molar-refractivity contribution is -0.141. The highest BCUT2D eigenvalue weighted by Crippen LogP contribution is 2.67. The first-order chi connectivity index (χ1) is 22.8. The van der Waals surface area contributed by atoms with Crippen LogP contribution in [0.2, 0.25) is 0 Å². The molecule has 0 radical (unpaired) electrons. The van der Waals surface area contributed by atoms with Crippen molar-refractivity contribution in [2.75, 3.05) is 25.7 Å². The van der Waals surface area contributed by atoms with E-state index in [4.69, 9.17) is 37.8 Å². The number of benzene rings is 2. The molecule has 1 saturated carbocycles. The van der Waals surface area contributed by atoms with E-state index in [1.807, 2.05) is 0 Å². The summed E-state index contributed by atoms with van der Waals surface area (Å²) in [5, 5.41) is 20.4. The summed E-state index contributed by atoms with van der Waals surface area (Å²) in [5.74, 6) is -8.07. The number of carbonyl (C=O) groups excluding carboxylic acids is 4. The maximum Gasteiger partial charge on any atom is 0.303 e. The summed E-state index contributed by atoms with van der Waals surface area (Å²) in [6.45, 7) is 0.101. The van der Waals surface area contributed by atoms with Gasteiger partial charge in [-0.15, -0.1) is 23.2 Å². The minimum Gasteiger partial charge on any atom is -0.507 e. The first-order valence-electron chi connectivity index (χ1n) is 15.5. The molecule has 2 aromatic carbocycles. The van der Waals surface area contributed by atoms with Crippen LogP contribution in [-0.2, 0) is 24.0 Å². The van der Waals surface area contributed by atoms with E-state index >= 15 is 0 Å². The van der Waals surface area contributed by atoms with Crippen LogP contribution in [0.3, 0.4) is 0 Å². The van der Waals surface area contributed by atoms with E-state index in [0.29, 0.717) is 24.8 Å². The van der Waals surface area contributed by atoms with Crippen LogP contribution in [0.25, 0.3) is 0 Å². The van der Waals surface area contributed by atoms with Crippen LogP contribution in [0.1, 0.15) is 50.0 Å². The number of alkyl halides is 2. The number of allylic oxidation sites excluding steroid dienone is 2. The van der Waals surface area contributed by atoms with Crippen LogP contribution < -0.4 is 14.4 Å². The standard InChI is InChI=1S/C34H33Cl2FN2O9/c1-47-19-14-23(40)27(24(15-19)48-2)28-20-11-12-21-26(30(44)38(29(21)43)13-5-3-4-6-25(41)42)22(20)16-33(35)31(45)39(32(46)34(28,33)36)18-9-7-17(37)8-10-18/h7-11,14-15,21-22,26,28,40H,3-6,12-13,16H2,1-2H3,(H,41,42). The lowest BCUT2D eigenvalue weighted by atomic mass is 9.56. The molecule has 2 aromatic rings. The zero-order valence-corrected chi connectivity index (χ0v) is 27.6. The van der Waals surface area contributed by atoms with Gasteiger partial charge in [0, 0.05) is 36.6 Å². The number of phenolic OH excluding ortho intramolecular Hbond substituents is 1. The molecule has 0 aromatic heterocycles. The van der Waals surface area contributed by atoms with E-state index in [1.165, 1.54) is 43.4 Å². The zero-order chi connectivity index (χ0) is 34.7. The number of halogens is 3. The van der Waals surface area contributed by atoms with E-state index in [1.54, 1.807) is 6.08 Å². The number of aromatic hydroxyl groups is 1. The normalized spacial score (nSPS) is 29.4. The molecule has 2 aliphatic heterocycles. The van der Waals surface area contributed by atoms with Crippen molar-refractivity contribution in [3.05, 3.63) is 59.4 Å². The second kappa shape index (κ2) is 12.4. The van der Waals surface area contributed by atoms with E-state index in [0.717, 1.165) is 17.0 Å². The van der Waals surface area contributed by atoms with Gasteiger partial charge in [0.05, 0.1) is 31.7 Å². The first-order valence-corrected chi connectivity index (χ1v) is 16.3. The maximum absolute atomic E-state index is 14.5. The number of carbonyl (C=O) groups is 5. The Labute approximate surface area is 285 Å². The minimum atomic E-state index is -2.26. The number of nitrogens with zero attached hydrogens (tertiary/aromatic N) is 2. The van der Waals surface area contributed by atoms with Crippen molar-refractivity contribution in [1.29, 1.82) is 0 Å². The molecule has 6 rings (SSSR count). The third-order valence-electron chi connectivity index (χ3n) is 10.1. The number of hydrogen-bond donors (Lipinski definition) is 2. The number of fused-ring (bicyclic) bond motifs is 4. The molecule has 2 saturated heterocycles. The summed E-state index contributed by atoms with van der Waals surface area (Å²) in [4.78, 5) is 65.0. The second-order valence-electron chi connectivity index (χ2n) is 12.5. The summed E-state index contributed by atoms with van der Waals surface area (Å²) < 4.78 is 24.8. The van der Waals surface area contributed by atoms with Gasteiger partial charge in [-0.1, -0.05) is 18.1 Å². The van der Waals surface area contributed by atoms with Crippen molar-refractivity contribution < 1.29 is 48.0 Å². The smallest absolute Gasteiger partial charge is 0.303 e. The Kier molecular flexibility index (Phi) is 8.70. The fraction of sp³-hybridized carbons (Fsp3) is 0.441. The van der Waals surface area contributed by atoms with Gasteiger partial charge in [-0.2, -0.15) is 0 Å². The third kappa shape index (κ3) is 4.94. The van der Waals surface area contributed by atoms with Crippen molar-refractivity contribution in [1.82, 2.24) is 4.90 Å². The lowest BCUT2D eigenvalue weighted by Crippen LogP contribution is -2.60. The number of phenols is 1. The largest absolute Gasteiger partial charge is 0.507 e. The molecule has 4 aliphatic rings. The number of aliphatic carboxylic acids is 1. The van der Waals surface area contributed by atoms with Crippen molar-refractivity contribution >= 4 is 58.5 Å². The van der Waals surface area contributed by atoms with E-state index in [-0.39, 0.29) is 60.2 Å². The highest BCUT2D eigenvalue weighted by atomic mass is 35.5. The number of ether oxygens (including phenoxy) is 2. The number of rotatable bonds is 10. The quantitative estimate of drug-likeness (QED) is 0.155. The third-order valence-corrected chi connectivity index (χ3v) is 11.5. The van der Waals surface area contributed by atoms with Gasteiger partial charge >= 0.3 is 5.97 Å². The Morgan fingerprint density at radius 3 is 2.33 bits per heavy atom. The molecule has 0 bridgehead atoms. The molecule has 48 heavy (non-hydrogen) atoms. The molecule has 2 N–H and O–H groups in total. The van der Waals surface area contributed by atoms with Crippen molar-refractivity contribution in [2.24, 2.45) is 17.8 Å². The number of unbranched alkanes of at least 4 members (excludes halogenated alkanes) is 2. The fourth-order valence-electron chi connectivity index (χ4n) is 7.89. The molecule has 0 spiro atoms. The second-order valence-corrected chi connectivity index (χ2v) is 13.8. The Morgan fingerprint density at radius 2 is 1.69 bits per heavy atom. The Hall–Kier alpha value is -4.16. The van der Waals surface area contributed by atoms with Gasteiger partial charge in [-0.05, 0) is 55.9 Å². The highest BCUT2D eigenvalue weighted by molar-refractivity contribution is 6.58. The fourth-order valence-corrected chi connectivity index (χ4v) is 8.81. The summed E-state index contributed by atoms with van der Waals surface area (Å²) in [6.07, 6.45) is 2.87. The van der Waals surface area contributed by atoms with Crippen LogP contribution in [-0.4, -0.2) is 75.2 Å². The Morgan fingerprint density at radius 1 is 0.979 bits per heavy atom. The number of anilines is 1. The average molecular weight is 704 g/mol. The molecule has 6 unspecified atom stereocenters. The van der Waals surface area contributed by atoms with Gasteiger partial charge < -0.3 is 19.7 Å². The topological polar surface area (TPSA) is 151 Å². The number of hydrogen-bond acceptors (Lipinski definition) is 8. The molecule has 6 atom stereocenters. The van der Waals surface area contributed by atoms with Crippen LogP contribution in [0, 0.1) is 23.6 Å². The van der Waals surface area contributed by atoms with Crippen molar-refractivity contribution in [2.45, 2.75) is 54.2 Å². The molecule has 11 nitrogen and oxygen atoms in total. The summed E-state index contributed by atoms with van der Waals surface area (Å²) in [5.41, 5.74) is 0.524. The molecule has 2 heterocycles. The van der Waals surface area contributed by atoms with Gasteiger partial charge in [0.1, 0.15) is 23.1 Å². The predicted molar refractivity (Wildman–Crippen MR) is 171 cm³/mol. The average Bonchev–Trinajstić information content (AvgIpc) is 3.38. The highest BCUT2D eigenvalue weighted by Gasteiger charge is 2.77. The molecule has 4 amide bonds. The van der Waals surface area contributed by atoms with E-state index < -0.39 is 62.9 Å². The minimum absolute atomic E-state index is 0.0226. The number of methoxy groups -OCH3 is 2. The van der Waals surface area contributed by atoms with Gasteiger partial charge in [-0.25, -0.2) is 9.29 Å². The Bertz CT molecular complexity index is 1750. The summed E-state index contributed by atoms with van der Waals surface area (Å²) in [6, 6.07) is 7.46. The summed E-state index contributed by atoms with van der Waals surface area (Å²) >= 11 is 14.7. The van der Waals surface area contributed by atoms with Crippen molar-refractivity contribution in [3.8, 4) is 17.2 Å². The molecular weight excluding hydrogens is 670 g/mol. The molecule has 254 valence electrons. The van der Waals surface area contributed by atoms with Crippen LogP contribution in [0.4, 0.5) is 10.1 Å². The summed E-state index contributed by atoms with van der Waals surface area (Å²) in [7, 11) is 2.74. The Balaban J connectivity index is 1.47. The van der Waals surface area contributed by atoms with Crippen molar-refractivity contribution in [3.63, 3.8) is 0 Å². The van der Waals surface area contributed by atoms with Gasteiger partial charge in [0.15, 0.2) is 9.75 Å². The van der Waals surface area contributed by atoms with E-state index in [9.17, 15) is 33.5 Å². The molecule has 14 heteroatoms. The number of imide groups is 2. The molecule has 3 fully saturated rings. The number of amides is 4. The number of likely N-dealkylation sites (tertiary alicyclic amines) is 1. The zero-order valence-electron chi connectivity index (χ0n) is 26.1. The molecular formula is C34H33Cl2FN2O9. The lowest BCUT2D eigenvalue weighted by Gasteiger charge is -2.50. The SMILES string of the molecule is COc1cc(O)c(C2C3=CCC4C(=O)N(CCCCCC(=O)O)C(=O)C4C3CC3(Cl)C(=O)N(c4ccc(F)cc4)C(=O)C23Cl)c(OC)c1. The molecule has 2 aliphatic carbocycles. The van der Waals surface area contributed by atoms with Crippen LogP contribution in [0.5, 0.6) is 17.2 Å².